The molecule has 1 aliphatic heterocycles. The second kappa shape index (κ2) is 3.32. The summed E-state index contributed by atoms with van der Waals surface area (Å²) in [7, 11) is 0. The summed E-state index contributed by atoms with van der Waals surface area (Å²) in [5, 5.41) is 0. The number of hydrogen-bond donors (Lipinski definition) is 0. The largest absolute Gasteiger partial charge is 0.328 e. The van der Waals surface area contributed by atoms with Gasteiger partial charge in [0.05, 0.1) is 13.2 Å². The van der Waals surface area contributed by atoms with E-state index in [-0.39, 0.29) is 5.41 Å². The first-order valence-corrected chi connectivity index (χ1v) is 4.39. The molecule has 0 saturated carbocycles. The first-order chi connectivity index (χ1) is 5.47. The van der Waals surface area contributed by atoms with Crippen molar-refractivity contribution < 1.29 is 14.2 Å². The molecule has 1 rings (SSSR count). The maximum absolute atomic E-state index is 5.48. The van der Waals surface area contributed by atoms with Crippen LogP contribution in [0.4, 0.5) is 0 Å². The lowest BCUT2D eigenvalue weighted by Gasteiger charge is -2.40. The van der Waals surface area contributed by atoms with E-state index in [2.05, 4.69) is 13.8 Å². The van der Waals surface area contributed by atoms with E-state index in [9.17, 15) is 0 Å². The zero-order chi connectivity index (χ0) is 9.24. The summed E-state index contributed by atoms with van der Waals surface area (Å²) >= 11 is 0. The Morgan fingerprint density at radius 2 is 1.67 bits per heavy atom. The summed E-state index contributed by atoms with van der Waals surface area (Å²) < 4.78 is 16.3. The van der Waals surface area contributed by atoms with Crippen LogP contribution in [-0.2, 0) is 14.2 Å². The molecule has 0 aromatic rings. The Morgan fingerprint density at radius 3 is 2.08 bits per heavy atom. The van der Waals surface area contributed by atoms with Crippen LogP contribution in [0.1, 0.15) is 27.7 Å². The van der Waals surface area contributed by atoms with Gasteiger partial charge in [0.15, 0.2) is 0 Å². The van der Waals surface area contributed by atoms with Crippen molar-refractivity contribution in [3.05, 3.63) is 0 Å². The van der Waals surface area contributed by atoms with Gasteiger partial charge in [-0.05, 0) is 6.92 Å². The summed E-state index contributed by atoms with van der Waals surface area (Å²) in [6.07, 6.45) is 0. The summed E-state index contributed by atoms with van der Waals surface area (Å²) in [6.45, 7) is 9.93. The first kappa shape index (κ1) is 9.96. The normalized spacial score (nSPS) is 27.0. The molecule has 0 aliphatic carbocycles. The molecule has 1 saturated heterocycles. The third kappa shape index (κ3) is 2.44. The van der Waals surface area contributed by atoms with Crippen molar-refractivity contribution in [3.8, 4) is 0 Å². The molecule has 1 aliphatic rings. The van der Waals surface area contributed by atoms with E-state index in [1.807, 2.05) is 13.8 Å². The Morgan fingerprint density at radius 1 is 1.17 bits per heavy atom. The SMILES string of the molecule is CCOC1(C)OCC(C)(C)CO1. The monoisotopic (exact) mass is 174 g/mol. The van der Waals surface area contributed by atoms with Crippen LogP contribution < -0.4 is 0 Å². The van der Waals surface area contributed by atoms with E-state index in [4.69, 9.17) is 14.2 Å². The van der Waals surface area contributed by atoms with E-state index >= 15 is 0 Å². The Kier molecular flexibility index (Phi) is 2.76. The van der Waals surface area contributed by atoms with E-state index in [1.54, 1.807) is 0 Å². The highest BCUT2D eigenvalue weighted by Gasteiger charge is 2.37. The summed E-state index contributed by atoms with van der Waals surface area (Å²) in [6, 6.07) is 0. The Bertz CT molecular complexity index is 144. The predicted molar refractivity (Wildman–Crippen MR) is 45.7 cm³/mol. The first-order valence-electron chi connectivity index (χ1n) is 4.39. The molecule has 3 nitrogen and oxygen atoms in total. The van der Waals surface area contributed by atoms with Gasteiger partial charge in [0.2, 0.25) is 0 Å². The Balaban J connectivity index is 2.44. The van der Waals surface area contributed by atoms with Crippen molar-refractivity contribution in [2.45, 2.75) is 33.7 Å². The summed E-state index contributed by atoms with van der Waals surface area (Å²) in [5.41, 5.74) is 0.108. The van der Waals surface area contributed by atoms with Gasteiger partial charge in [0.25, 0.3) is 5.97 Å². The molecule has 72 valence electrons. The molecule has 0 bridgehead atoms. The van der Waals surface area contributed by atoms with Crippen LogP contribution in [0, 0.1) is 5.41 Å². The smallest absolute Gasteiger partial charge is 0.279 e. The van der Waals surface area contributed by atoms with Crippen LogP contribution in [0.5, 0.6) is 0 Å². The topological polar surface area (TPSA) is 27.7 Å². The molecular formula is C9H18O3. The van der Waals surface area contributed by atoms with Crippen molar-refractivity contribution >= 4 is 0 Å². The van der Waals surface area contributed by atoms with E-state index < -0.39 is 5.97 Å². The summed E-state index contributed by atoms with van der Waals surface area (Å²) in [4.78, 5) is 0. The fourth-order valence-electron chi connectivity index (χ4n) is 1.08. The lowest BCUT2D eigenvalue weighted by Crippen LogP contribution is -2.47. The minimum atomic E-state index is -0.815. The number of hydrogen-bond acceptors (Lipinski definition) is 3. The van der Waals surface area contributed by atoms with E-state index in [0.717, 1.165) is 0 Å². The van der Waals surface area contributed by atoms with Gasteiger partial charge in [0.1, 0.15) is 0 Å². The molecule has 3 heteroatoms. The maximum atomic E-state index is 5.48. The van der Waals surface area contributed by atoms with E-state index in [1.165, 1.54) is 0 Å². The predicted octanol–water partition coefficient (Wildman–Crippen LogP) is 1.77. The van der Waals surface area contributed by atoms with Gasteiger partial charge in [-0.1, -0.05) is 13.8 Å². The molecule has 1 fully saturated rings. The lowest BCUT2D eigenvalue weighted by molar-refractivity contribution is -0.406. The standard InChI is InChI=1S/C9H18O3/c1-5-10-9(4)11-6-8(2,3)7-12-9/h5-7H2,1-4H3. The molecule has 0 amide bonds. The fraction of sp³-hybridized carbons (Fsp3) is 1.00. The van der Waals surface area contributed by atoms with Gasteiger partial charge in [-0.3, -0.25) is 0 Å². The van der Waals surface area contributed by atoms with Crippen molar-refractivity contribution in [3.63, 3.8) is 0 Å². The quantitative estimate of drug-likeness (QED) is 0.638. The van der Waals surface area contributed by atoms with Crippen molar-refractivity contribution in [1.29, 1.82) is 0 Å². The van der Waals surface area contributed by atoms with Crippen molar-refractivity contribution in [1.82, 2.24) is 0 Å². The zero-order valence-electron chi connectivity index (χ0n) is 8.35. The fourth-order valence-corrected chi connectivity index (χ4v) is 1.08. The highest BCUT2D eigenvalue weighted by Crippen LogP contribution is 2.29. The lowest BCUT2D eigenvalue weighted by atomic mass is 9.95. The zero-order valence-corrected chi connectivity index (χ0v) is 8.35. The second-order valence-corrected chi connectivity index (χ2v) is 4.04. The highest BCUT2D eigenvalue weighted by molar-refractivity contribution is 4.72. The third-order valence-electron chi connectivity index (χ3n) is 1.86. The molecule has 0 unspecified atom stereocenters. The second-order valence-electron chi connectivity index (χ2n) is 4.04. The Hall–Kier alpha value is -0.120. The minimum absolute atomic E-state index is 0.108. The van der Waals surface area contributed by atoms with Gasteiger partial charge in [-0.2, -0.15) is 0 Å². The third-order valence-corrected chi connectivity index (χ3v) is 1.86. The molecule has 0 radical (unpaired) electrons. The van der Waals surface area contributed by atoms with E-state index in [0.29, 0.717) is 19.8 Å². The molecule has 0 spiro atoms. The van der Waals surface area contributed by atoms with Crippen LogP contribution in [-0.4, -0.2) is 25.8 Å². The van der Waals surface area contributed by atoms with Crippen LogP contribution in [0.2, 0.25) is 0 Å². The molecule has 0 aromatic carbocycles. The van der Waals surface area contributed by atoms with Gasteiger partial charge in [-0.15, -0.1) is 0 Å². The van der Waals surface area contributed by atoms with Crippen molar-refractivity contribution in [2.75, 3.05) is 19.8 Å². The van der Waals surface area contributed by atoms with Gasteiger partial charge < -0.3 is 14.2 Å². The molecule has 0 atom stereocenters. The van der Waals surface area contributed by atoms with Crippen molar-refractivity contribution in [2.24, 2.45) is 5.41 Å². The number of rotatable bonds is 2. The number of ether oxygens (including phenoxy) is 3. The summed E-state index contributed by atoms with van der Waals surface area (Å²) in [5.74, 6) is -0.815. The highest BCUT2D eigenvalue weighted by atomic mass is 16.9. The Labute approximate surface area is 74.0 Å². The van der Waals surface area contributed by atoms with Crippen LogP contribution >= 0.6 is 0 Å². The molecular weight excluding hydrogens is 156 g/mol. The minimum Gasteiger partial charge on any atom is -0.328 e. The average Bonchev–Trinajstić information content (AvgIpc) is 1.98. The molecule has 1 heterocycles. The average molecular weight is 174 g/mol. The van der Waals surface area contributed by atoms with Gasteiger partial charge in [-0.25, -0.2) is 0 Å². The molecule has 0 N–H and O–H groups in total. The van der Waals surface area contributed by atoms with Gasteiger partial charge in [0, 0.05) is 18.9 Å². The van der Waals surface area contributed by atoms with Gasteiger partial charge >= 0.3 is 0 Å². The van der Waals surface area contributed by atoms with Crippen LogP contribution in [0.25, 0.3) is 0 Å². The molecule has 0 aromatic heterocycles. The maximum Gasteiger partial charge on any atom is 0.279 e. The van der Waals surface area contributed by atoms with Crippen LogP contribution in [0.15, 0.2) is 0 Å². The van der Waals surface area contributed by atoms with Crippen LogP contribution in [0.3, 0.4) is 0 Å². The molecule has 12 heavy (non-hydrogen) atoms.